The second kappa shape index (κ2) is 11.4. The molecule has 0 N–H and O–H groups in total. The van der Waals surface area contributed by atoms with Gasteiger partial charge in [-0.3, -0.25) is 14.5 Å². The van der Waals surface area contributed by atoms with Crippen LogP contribution >= 0.6 is 0 Å². The Morgan fingerprint density at radius 3 is 2.70 bits per heavy atom. The van der Waals surface area contributed by atoms with Crippen molar-refractivity contribution in [3.63, 3.8) is 0 Å². The van der Waals surface area contributed by atoms with Crippen LogP contribution in [0.25, 0.3) is 6.08 Å². The van der Waals surface area contributed by atoms with E-state index >= 15 is 0 Å². The largest absolute Gasteiger partial charge is 0.497 e. The van der Waals surface area contributed by atoms with Crippen molar-refractivity contribution in [3.05, 3.63) is 35.9 Å². The van der Waals surface area contributed by atoms with Gasteiger partial charge in [0.2, 0.25) is 5.91 Å². The molecule has 1 fully saturated rings. The fourth-order valence-electron chi connectivity index (χ4n) is 2.77. The smallest absolute Gasteiger partial charge is 0.307 e. The van der Waals surface area contributed by atoms with Crippen molar-refractivity contribution in [3.8, 4) is 5.75 Å². The first-order valence-corrected chi connectivity index (χ1v) is 9.10. The molecule has 1 amide bonds. The Morgan fingerprint density at radius 2 is 2.00 bits per heavy atom. The third-order valence-corrected chi connectivity index (χ3v) is 4.43. The predicted molar refractivity (Wildman–Crippen MR) is 103 cm³/mol. The van der Waals surface area contributed by atoms with Crippen LogP contribution in [0.3, 0.4) is 0 Å². The van der Waals surface area contributed by atoms with Gasteiger partial charge in [0, 0.05) is 38.8 Å². The van der Waals surface area contributed by atoms with E-state index in [1.807, 2.05) is 24.3 Å². The van der Waals surface area contributed by atoms with Gasteiger partial charge in [0.05, 0.1) is 33.9 Å². The van der Waals surface area contributed by atoms with E-state index < -0.39 is 0 Å². The Labute approximate surface area is 160 Å². The van der Waals surface area contributed by atoms with Gasteiger partial charge in [-0.2, -0.15) is 0 Å². The Bertz CT molecular complexity index is 641. The zero-order chi connectivity index (χ0) is 19.5. The van der Waals surface area contributed by atoms with Crippen molar-refractivity contribution in [2.24, 2.45) is 0 Å². The number of hydrogen-bond acceptors (Lipinski definition) is 6. The lowest BCUT2D eigenvalue weighted by molar-refractivity contribution is -0.141. The molecular formula is C20H28N2O5. The lowest BCUT2D eigenvalue weighted by Gasteiger charge is -2.29. The summed E-state index contributed by atoms with van der Waals surface area (Å²) in [7, 11) is 2.96. The SMILES string of the molecule is COC(=O)CCN(CCN1CCOCC1)C(=O)/C=C/c1cccc(OC)c1. The summed E-state index contributed by atoms with van der Waals surface area (Å²) in [5.74, 6) is 0.283. The molecule has 0 saturated carbocycles. The predicted octanol–water partition coefficient (Wildman–Crippen LogP) is 1.43. The van der Waals surface area contributed by atoms with E-state index in [0.717, 1.165) is 30.9 Å². The van der Waals surface area contributed by atoms with Gasteiger partial charge < -0.3 is 19.1 Å². The lowest BCUT2D eigenvalue weighted by Crippen LogP contribution is -2.43. The summed E-state index contributed by atoms with van der Waals surface area (Å²) >= 11 is 0. The highest BCUT2D eigenvalue weighted by atomic mass is 16.5. The van der Waals surface area contributed by atoms with Crippen molar-refractivity contribution in [2.75, 3.05) is 60.2 Å². The molecule has 0 aliphatic carbocycles. The second-order valence-electron chi connectivity index (χ2n) is 6.22. The Kier molecular flexibility index (Phi) is 8.80. The summed E-state index contributed by atoms with van der Waals surface area (Å²) in [6.45, 7) is 4.79. The molecule has 0 unspecified atom stereocenters. The fourth-order valence-corrected chi connectivity index (χ4v) is 2.77. The second-order valence-corrected chi connectivity index (χ2v) is 6.22. The summed E-state index contributed by atoms with van der Waals surface area (Å²) in [4.78, 5) is 28.1. The molecular weight excluding hydrogens is 348 g/mol. The Morgan fingerprint density at radius 1 is 1.22 bits per heavy atom. The summed E-state index contributed by atoms with van der Waals surface area (Å²) in [6, 6.07) is 7.48. The van der Waals surface area contributed by atoms with Crippen LogP contribution in [0.1, 0.15) is 12.0 Å². The number of methoxy groups -OCH3 is 2. The van der Waals surface area contributed by atoms with Crippen molar-refractivity contribution in [1.82, 2.24) is 9.80 Å². The van der Waals surface area contributed by atoms with E-state index in [0.29, 0.717) is 26.3 Å². The quantitative estimate of drug-likeness (QED) is 0.480. The highest BCUT2D eigenvalue weighted by molar-refractivity contribution is 5.92. The number of morpholine rings is 1. The molecule has 1 aromatic rings. The monoisotopic (exact) mass is 376 g/mol. The standard InChI is InChI=1S/C20H28N2O5/c1-25-18-5-3-4-17(16-18)6-7-19(23)22(9-8-20(24)26-2)11-10-21-12-14-27-15-13-21/h3-7,16H,8-15H2,1-2H3/b7-6+. The van der Waals surface area contributed by atoms with Crippen LogP contribution in [-0.4, -0.2) is 81.8 Å². The molecule has 0 radical (unpaired) electrons. The first kappa shape index (κ1) is 20.9. The number of rotatable bonds is 9. The molecule has 2 rings (SSSR count). The summed E-state index contributed by atoms with van der Waals surface area (Å²) in [5, 5.41) is 0. The maximum Gasteiger partial charge on any atom is 0.307 e. The Hall–Kier alpha value is -2.38. The zero-order valence-electron chi connectivity index (χ0n) is 16.1. The van der Waals surface area contributed by atoms with Crippen LogP contribution in [0, 0.1) is 0 Å². The highest BCUT2D eigenvalue weighted by Gasteiger charge is 2.16. The summed E-state index contributed by atoms with van der Waals surface area (Å²) < 4.78 is 15.2. The molecule has 1 aliphatic rings. The molecule has 0 atom stereocenters. The van der Waals surface area contributed by atoms with Gasteiger partial charge in [0.1, 0.15) is 5.75 Å². The minimum absolute atomic E-state index is 0.130. The van der Waals surface area contributed by atoms with Crippen molar-refractivity contribution in [1.29, 1.82) is 0 Å². The lowest BCUT2D eigenvalue weighted by atomic mass is 10.2. The molecule has 0 spiro atoms. The number of benzene rings is 1. The number of amides is 1. The number of esters is 1. The minimum Gasteiger partial charge on any atom is -0.497 e. The van der Waals surface area contributed by atoms with Gasteiger partial charge in [-0.1, -0.05) is 12.1 Å². The molecule has 7 heteroatoms. The average molecular weight is 376 g/mol. The van der Waals surface area contributed by atoms with Crippen LogP contribution < -0.4 is 4.74 Å². The molecule has 1 heterocycles. The first-order chi connectivity index (χ1) is 13.1. The number of carbonyl (C=O) groups excluding carboxylic acids is 2. The average Bonchev–Trinajstić information content (AvgIpc) is 2.72. The molecule has 148 valence electrons. The number of carbonyl (C=O) groups is 2. The van der Waals surface area contributed by atoms with Crippen molar-refractivity contribution >= 4 is 18.0 Å². The highest BCUT2D eigenvalue weighted by Crippen LogP contribution is 2.14. The molecule has 1 saturated heterocycles. The van der Waals surface area contributed by atoms with Crippen molar-refractivity contribution < 1.29 is 23.8 Å². The molecule has 27 heavy (non-hydrogen) atoms. The van der Waals surface area contributed by atoms with Crippen LogP contribution in [0.2, 0.25) is 0 Å². The molecule has 0 bridgehead atoms. The molecule has 1 aliphatic heterocycles. The van der Waals surface area contributed by atoms with Gasteiger partial charge in [-0.15, -0.1) is 0 Å². The van der Waals surface area contributed by atoms with Gasteiger partial charge in [-0.05, 0) is 23.8 Å². The third-order valence-electron chi connectivity index (χ3n) is 4.43. The van der Waals surface area contributed by atoms with E-state index in [1.54, 1.807) is 18.1 Å². The maximum absolute atomic E-state index is 12.7. The van der Waals surface area contributed by atoms with Gasteiger partial charge in [0.25, 0.3) is 0 Å². The van der Waals surface area contributed by atoms with E-state index in [-0.39, 0.29) is 18.3 Å². The summed E-state index contributed by atoms with van der Waals surface area (Å²) in [6.07, 6.45) is 3.47. The minimum atomic E-state index is -0.323. The van der Waals surface area contributed by atoms with Crippen LogP contribution in [-0.2, 0) is 19.1 Å². The Balaban J connectivity index is 1.97. The number of hydrogen-bond donors (Lipinski definition) is 0. The van der Waals surface area contributed by atoms with Crippen LogP contribution in [0.4, 0.5) is 0 Å². The fraction of sp³-hybridized carbons (Fsp3) is 0.500. The maximum atomic E-state index is 12.7. The van der Waals surface area contributed by atoms with E-state index in [4.69, 9.17) is 14.2 Å². The molecule has 7 nitrogen and oxygen atoms in total. The normalized spacial score (nSPS) is 14.9. The van der Waals surface area contributed by atoms with Crippen molar-refractivity contribution in [2.45, 2.75) is 6.42 Å². The van der Waals surface area contributed by atoms with Gasteiger partial charge in [0.15, 0.2) is 0 Å². The number of ether oxygens (including phenoxy) is 3. The van der Waals surface area contributed by atoms with Gasteiger partial charge in [-0.25, -0.2) is 0 Å². The molecule has 0 aromatic heterocycles. The topological polar surface area (TPSA) is 68.3 Å². The van der Waals surface area contributed by atoms with Crippen LogP contribution in [0.5, 0.6) is 5.75 Å². The summed E-state index contributed by atoms with van der Waals surface area (Å²) in [5.41, 5.74) is 0.879. The van der Waals surface area contributed by atoms with E-state index in [1.165, 1.54) is 13.2 Å². The van der Waals surface area contributed by atoms with E-state index in [2.05, 4.69) is 4.90 Å². The van der Waals surface area contributed by atoms with E-state index in [9.17, 15) is 9.59 Å². The number of nitrogens with zero attached hydrogens (tertiary/aromatic N) is 2. The molecule has 1 aromatic carbocycles. The zero-order valence-corrected chi connectivity index (χ0v) is 16.1. The third kappa shape index (κ3) is 7.40. The first-order valence-electron chi connectivity index (χ1n) is 9.10. The van der Waals surface area contributed by atoms with Gasteiger partial charge >= 0.3 is 5.97 Å². The van der Waals surface area contributed by atoms with Crippen LogP contribution in [0.15, 0.2) is 30.3 Å².